The molecule has 0 aliphatic carbocycles. The van der Waals surface area contributed by atoms with Gasteiger partial charge in [-0.05, 0) is 48.8 Å². The van der Waals surface area contributed by atoms with Gasteiger partial charge in [-0.15, -0.1) is 0 Å². The Morgan fingerprint density at radius 1 is 1.29 bits per heavy atom. The SMILES string of the molecule is CC(C)(C)n1nc(-c2ccc([N+](=O)[O-])cc2)c(C=O)c1Br. The lowest BCUT2D eigenvalue weighted by Gasteiger charge is -2.20. The van der Waals surface area contributed by atoms with Crippen LogP contribution in [0.1, 0.15) is 31.1 Å². The molecule has 0 amide bonds. The van der Waals surface area contributed by atoms with Gasteiger partial charge in [0.05, 0.1) is 16.0 Å². The molecule has 0 saturated heterocycles. The minimum absolute atomic E-state index is 0.000669. The van der Waals surface area contributed by atoms with E-state index in [-0.39, 0.29) is 11.2 Å². The molecular formula is C14H14BrN3O3. The molecular weight excluding hydrogens is 338 g/mol. The molecule has 0 saturated carbocycles. The lowest BCUT2D eigenvalue weighted by Crippen LogP contribution is -2.23. The number of hydrogen-bond acceptors (Lipinski definition) is 4. The first-order chi connectivity index (χ1) is 9.75. The second-order valence-electron chi connectivity index (χ2n) is 5.56. The fraction of sp³-hybridized carbons (Fsp3) is 0.286. The third-order valence-electron chi connectivity index (χ3n) is 2.97. The Morgan fingerprint density at radius 3 is 2.29 bits per heavy atom. The topological polar surface area (TPSA) is 78.0 Å². The average Bonchev–Trinajstić information content (AvgIpc) is 2.75. The number of nitro groups is 1. The van der Waals surface area contributed by atoms with Gasteiger partial charge in [-0.2, -0.15) is 5.10 Å². The summed E-state index contributed by atoms with van der Waals surface area (Å²) in [5.74, 6) is 0. The van der Waals surface area contributed by atoms with Crippen LogP contribution in [-0.4, -0.2) is 21.0 Å². The van der Waals surface area contributed by atoms with Crippen LogP contribution in [0.25, 0.3) is 11.3 Å². The zero-order chi connectivity index (χ0) is 15.8. The molecule has 6 nitrogen and oxygen atoms in total. The van der Waals surface area contributed by atoms with Crippen molar-refractivity contribution in [1.29, 1.82) is 0 Å². The molecule has 110 valence electrons. The van der Waals surface area contributed by atoms with Crippen molar-refractivity contribution in [3.63, 3.8) is 0 Å². The summed E-state index contributed by atoms with van der Waals surface area (Å²) >= 11 is 3.39. The van der Waals surface area contributed by atoms with Crippen LogP contribution in [0.4, 0.5) is 5.69 Å². The highest BCUT2D eigenvalue weighted by Crippen LogP contribution is 2.32. The molecule has 0 fully saturated rings. The first kappa shape index (κ1) is 15.4. The second-order valence-corrected chi connectivity index (χ2v) is 6.31. The van der Waals surface area contributed by atoms with E-state index in [1.807, 2.05) is 20.8 Å². The van der Waals surface area contributed by atoms with E-state index in [0.717, 1.165) is 6.29 Å². The van der Waals surface area contributed by atoms with Crippen molar-refractivity contribution < 1.29 is 9.72 Å². The number of halogens is 1. The fourth-order valence-electron chi connectivity index (χ4n) is 1.91. The second kappa shape index (κ2) is 5.40. The molecule has 0 aliphatic heterocycles. The highest BCUT2D eigenvalue weighted by atomic mass is 79.9. The summed E-state index contributed by atoms with van der Waals surface area (Å²) in [6.07, 6.45) is 0.732. The van der Waals surface area contributed by atoms with Crippen molar-refractivity contribution in [3.05, 3.63) is 44.5 Å². The van der Waals surface area contributed by atoms with Crippen LogP contribution in [0, 0.1) is 10.1 Å². The number of non-ortho nitro benzene ring substituents is 1. The highest BCUT2D eigenvalue weighted by molar-refractivity contribution is 9.10. The van der Waals surface area contributed by atoms with Gasteiger partial charge in [0.15, 0.2) is 6.29 Å². The van der Waals surface area contributed by atoms with Gasteiger partial charge in [-0.1, -0.05) is 0 Å². The van der Waals surface area contributed by atoms with Crippen molar-refractivity contribution in [1.82, 2.24) is 9.78 Å². The monoisotopic (exact) mass is 351 g/mol. The Bertz CT molecular complexity index is 699. The molecule has 7 heteroatoms. The Labute approximate surface area is 130 Å². The number of nitrogens with zero attached hydrogens (tertiary/aromatic N) is 3. The van der Waals surface area contributed by atoms with Crippen molar-refractivity contribution in [3.8, 4) is 11.3 Å². The van der Waals surface area contributed by atoms with E-state index in [2.05, 4.69) is 21.0 Å². The molecule has 0 atom stereocenters. The van der Waals surface area contributed by atoms with Crippen LogP contribution in [0.3, 0.4) is 0 Å². The smallest absolute Gasteiger partial charge is 0.269 e. The molecule has 1 heterocycles. The molecule has 21 heavy (non-hydrogen) atoms. The third kappa shape index (κ3) is 2.87. The zero-order valence-electron chi connectivity index (χ0n) is 11.8. The number of aldehydes is 1. The van der Waals surface area contributed by atoms with Gasteiger partial charge >= 0.3 is 0 Å². The predicted octanol–water partition coefficient (Wildman–Crippen LogP) is 3.79. The number of carbonyl (C=O) groups excluding carboxylic acids is 1. The summed E-state index contributed by atoms with van der Waals surface area (Å²) in [5.41, 5.74) is 1.29. The normalized spacial score (nSPS) is 11.4. The number of benzene rings is 1. The largest absolute Gasteiger partial charge is 0.298 e. The fourth-order valence-corrected chi connectivity index (χ4v) is 2.81. The van der Waals surface area contributed by atoms with E-state index in [4.69, 9.17) is 0 Å². The molecule has 0 aliphatic rings. The average molecular weight is 352 g/mol. The van der Waals surface area contributed by atoms with Crippen molar-refractivity contribution in [2.24, 2.45) is 0 Å². The molecule has 0 radical (unpaired) electrons. The van der Waals surface area contributed by atoms with Gasteiger partial charge in [0, 0.05) is 17.7 Å². The van der Waals surface area contributed by atoms with Gasteiger partial charge in [0.25, 0.3) is 5.69 Å². The molecule has 1 aromatic carbocycles. The Balaban J connectivity index is 2.58. The van der Waals surface area contributed by atoms with Gasteiger partial charge in [-0.3, -0.25) is 19.6 Å². The predicted molar refractivity (Wildman–Crippen MR) is 82.4 cm³/mol. The number of hydrogen-bond donors (Lipinski definition) is 0. The van der Waals surface area contributed by atoms with Crippen LogP contribution in [0.5, 0.6) is 0 Å². The summed E-state index contributed by atoms with van der Waals surface area (Å²) in [5, 5.41) is 15.1. The summed E-state index contributed by atoms with van der Waals surface area (Å²) < 4.78 is 2.31. The first-order valence-electron chi connectivity index (χ1n) is 6.24. The van der Waals surface area contributed by atoms with E-state index < -0.39 is 4.92 Å². The van der Waals surface area contributed by atoms with Gasteiger partial charge in [-0.25, -0.2) is 0 Å². The Hall–Kier alpha value is -2.02. The number of carbonyl (C=O) groups is 1. The van der Waals surface area contributed by atoms with Crippen LogP contribution in [0.15, 0.2) is 28.9 Å². The van der Waals surface area contributed by atoms with E-state index in [9.17, 15) is 14.9 Å². The van der Waals surface area contributed by atoms with Crippen molar-refractivity contribution in [2.45, 2.75) is 26.3 Å². The standard InChI is InChI=1S/C14H14BrN3O3/c1-14(2,3)17-13(15)11(8-19)12(16-17)9-4-6-10(7-5-9)18(20)21/h4-8H,1-3H3. The third-order valence-corrected chi connectivity index (χ3v) is 3.73. The minimum atomic E-state index is -0.464. The van der Waals surface area contributed by atoms with Gasteiger partial charge < -0.3 is 0 Å². The van der Waals surface area contributed by atoms with Crippen LogP contribution in [-0.2, 0) is 5.54 Å². The van der Waals surface area contributed by atoms with E-state index >= 15 is 0 Å². The molecule has 0 spiro atoms. The Morgan fingerprint density at radius 2 is 1.86 bits per heavy atom. The van der Waals surface area contributed by atoms with Crippen LogP contribution < -0.4 is 0 Å². The molecule has 0 bridgehead atoms. The van der Waals surface area contributed by atoms with E-state index in [1.54, 1.807) is 16.8 Å². The summed E-state index contributed by atoms with van der Waals surface area (Å²) in [4.78, 5) is 21.6. The molecule has 1 aromatic heterocycles. The lowest BCUT2D eigenvalue weighted by molar-refractivity contribution is -0.384. The zero-order valence-corrected chi connectivity index (χ0v) is 13.4. The quantitative estimate of drug-likeness (QED) is 0.478. The Kier molecular flexibility index (Phi) is 3.95. The van der Waals surface area contributed by atoms with Crippen LogP contribution in [0.2, 0.25) is 0 Å². The number of rotatable bonds is 3. The first-order valence-corrected chi connectivity index (χ1v) is 7.04. The lowest BCUT2D eigenvalue weighted by atomic mass is 10.1. The minimum Gasteiger partial charge on any atom is -0.298 e. The van der Waals surface area contributed by atoms with Crippen molar-refractivity contribution >= 4 is 27.9 Å². The maximum absolute atomic E-state index is 11.3. The van der Waals surface area contributed by atoms with E-state index in [0.29, 0.717) is 21.4 Å². The summed E-state index contributed by atoms with van der Waals surface area (Å²) in [7, 11) is 0. The maximum Gasteiger partial charge on any atom is 0.269 e. The molecule has 0 N–H and O–H groups in total. The highest BCUT2D eigenvalue weighted by Gasteiger charge is 2.24. The van der Waals surface area contributed by atoms with Crippen LogP contribution >= 0.6 is 15.9 Å². The molecule has 0 unspecified atom stereocenters. The summed E-state index contributed by atoms with van der Waals surface area (Å²) in [6, 6.07) is 5.97. The van der Waals surface area contributed by atoms with E-state index in [1.165, 1.54) is 12.1 Å². The van der Waals surface area contributed by atoms with Crippen molar-refractivity contribution in [2.75, 3.05) is 0 Å². The number of aromatic nitrogens is 2. The number of nitro benzene ring substituents is 1. The summed E-state index contributed by atoms with van der Waals surface area (Å²) in [6.45, 7) is 5.91. The molecule has 2 aromatic rings. The van der Waals surface area contributed by atoms with Gasteiger partial charge in [0.1, 0.15) is 10.3 Å². The maximum atomic E-state index is 11.3. The molecule has 2 rings (SSSR count). The van der Waals surface area contributed by atoms with Gasteiger partial charge in [0.2, 0.25) is 0 Å².